The highest BCUT2D eigenvalue weighted by Gasteiger charge is 2.13. The van der Waals surface area contributed by atoms with Crippen LogP contribution in [0.3, 0.4) is 0 Å². The predicted molar refractivity (Wildman–Crippen MR) is 83.0 cm³/mol. The van der Waals surface area contributed by atoms with Crippen molar-refractivity contribution in [2.75, 3.05) is 7.05 Å². The van der Waals surface area contributed by atoms with Crippen LogP contribution in [0.4, 0.5) is 0 Å². The minimum Gasteiger partial charge on any atom is -0.316 e. The van der Waals surface area contributed by atoms with Gasteiger partial charge in [-0.2, -0.15) is 0 Å². The molecule has 1 aromatic heterocycles. The number of benzene rings is 1. The van der Waals surface area contributed by atoms with E-state index in [4.69, 9.17) is 0 Å². The van der Waals surface area contributed by atoms with E-state index in [2.05, 4.69) is 54.7 Å². The molecule has 1 atom stereocenters. The van der Waals surface area contributed by atoms with Crippen LogP contribution in [0.5, 0.6) is 0 Å². The Balaban J connectivity index is 2.11. The standard InChI is InChI=1S/C16H22N2S/c1-11-6-5-7-12(2)16(11)9-14(17-4)8-15-10-19-13(3)18-15/h5-7,10,14,17H,8-9H2,1-4H3. The zero-order valence-corrected chi connectivity index (χ0v) is 13.0. The average molecular weight is 274 g/mol. The van der Waals surface area contributed by atoms with E-state index >= 15 is 0 Å². The highest BCUT2D eigenvalue weighted by Crippen LogP contribution is 2.17. The van der Waals surface area contributed by atoms with Gasteiger partial charge in [-0.1, -0.05) is 18.2 Å². The van der Waals surface area contributed by atoms with E-state index in [0.29, 0.717) is 6.04 Å². The quantitative estimate of drug-likeness (QED) is 0.903. The zero-order valence-electron chi connectivity index (χ0n) is 12.2. The second kappa shape index (κ2) is 6.31. The van der Waals surface area contributed by atoms with Crippen molar-refractivity contribution in [3.63, 3.8) is 0 Å². The number of nitrogens with one attached hydrogen (secondary N) is 1. The Kier molecular flexibility index (Phi) is 4.72. The molecule has 0 saturated heterocycles. The fourth-order valence-corrected chi connectivity index (χ4v) is 3.07. The molecule has 3 heteroatoms. The number of hydrogen-bond donors (Lipinski definition) is 1. The molecule has 0 spiro atoms. The minimum absolute atomic E-state index is 0.446. The third-order valence-electron chi connectivity index (χ3n) is 3.63. The van der Waals surface area contributed by atoms with Crippen molar-refractivity contribution in [3.8, 4) is 0 Å². The minimum atomic E-state index is 0.446. The van der Waals surface area contributed by atoms with Crippen molar-refractivity contribution in [1.29, 1.82) is 0 Å². The number of likely N-dealkylation sites (N-methyl/N-ethyl adjacent to an activating group) is 1. The van der Waals surface area contributed by atoms with Gasteiger partial charge in [0.15, 0.2) is 0 Å². The lowest BCUT2D eigenvalue weighted by atomic mass is 9.94. The van der Waals surface area contributed by atoms with Crippen LogP contribution in [-0.4, -0.2) is 18.1 Å². The average Bonchev–Trinajstić information content (AvgIpc) is 2.78. The van der Waals surface area contributed by atoms with Crippen LogP contribution in [0.15, 0.2) is 23.6 Å². The van der Waals surface area contributed by atoms with E-state index in [1.807, 2.05) is 7.05 Å². The lowest BCUT2D eigenvalue weighted by Crippen LogP contribution is -2.30. The Labute approximate surface area is 119 Å². The van der Waals surface area contributed by atoms with Crippen LogP contribution in [0.2, 0.25) is 0 Å². The van der Waals surface area contributed by atoms with Gasteiger partial charge in [0.2, 0.25) is 0 Å². The molecule has 0 amide bonds. The lowest BCUT2D eigenvalue weighted by molar-refractivity contribution is 0.549. The van der Waals surface area contributed by atoms with Crippen molar-refractivity contribution < 1.29 is 0 Å². The molecule has 2 aromatic rings. The normalized spacial score (nSPS) is 12.6. The lowest BCUT2D eigenvalue weighted by Gasteiger charge is -2.18. The number of hydrogen-bond acceptors (Lipinski definition) is 3. The number of thiazole rings is 1. The number of rotatable bonds is 5. The maximum Gasteiger partial charge on any atom is 0.0897 e. The van der Waals surface area contributed by atoms with Crippen LogP contribution >= 0.6 is 11.3 Å². The van der Waals surface area contributed by atoms with Crippen LogP contribution in [0.1, 0.15) is 27.4 Å². The van der Waals surface area contributed by atoms with Gasteiger partial charge in [0, 0.05) is 17.8 Å². The van der Waals surface area contributed by atoms with Gasteiger partial charge in [0.05, 0.1) is 10.7 Å². The van der Waals surface area contributed by atoms with Gasteiger partial charge in [-0.25, -0.2) is 4.98 Å². The van der Waals surface area contributed by atoms with E-state index in [1.54, 1.807) is 11.3 Å². The molecule has 0 aliphatic carbocycles. The van der Waals surface area contributed by atoms with Crippen molar-refractivity contribution in [2.45, 2.75) is 39.7 Å². The van der Waals surface area contributed by atoms with Crippen molar-refractivity contribution in [3.05, 3.63) is 51.0 Å². The van der Waals surface area contributed by atoms with Crippen LogP contribution < -0.4 is 5.32 Å². The molecule has 0 bridgehead atoms. The fraction of sp³-hybridized carbons (Fsp3) is 0.438. The molecule has 2 rings (SSSR count). The first-order chi connectivity index (χ1) is 9.10. The molecule has 0 radical (unpaired) electrons. The summed E-state index contributed by atoms with van der Waals surface area (Å²) in [5, 5.41) is 6.75. The van der Waals surface area contributed by atoms with E-state index in [0.717, 1.165) is 17.8 Å². The summed E-state index contributed by atoms with van der Waals surface area (Å²) in [5.74, 6) is 0. The molecule has 102 valence electrons. The van der Waals surface area contributed by atoms with Gasteiger partial charge in [0.1, 0.15) is 0 Å². The second-order valence-corrected chi connectivity index (χ2v) is 6.18. The highest BCUT2D eigenvalue weighted by atomic mass is 32.1. The van der Waals surface area contributed by atoms with E-state index in [9.17, 15) is 0 Å². The summed E-state index contributed by atoms with van der Waals surface area (Å²) in [6.07, 6.45) is 2.06. The van der Waals surface area contributed by atoms with E-state index < -0.39 is 0 Å². The number of nitrogens with zero attached hydrogens (tertiary/aromatic N) is 1. The fourth-order valence-electron chi connectivity index (χ4n) is 2.45. The van der Waals surface area contributed by atoms with Gasteiger partial charge >= 0.3 is 0 Å². The van der Waals surface area contributed by atoms with E-state index in [1.165, 1.54) is 22.4 Å². The molecule has 0 fully saturated rings. The summed E-state index contributed by atoms with van der Waals surface area (Å²) < 4.78 is 0. The maximum absolute atomic E-state index is 4.56. The highest BCUT2D eigenvalue weighted by molar-refractivity contribution is 7.09. The second-order valence-electron chi connectivity index (χ2n) is 5.12. The van der Waals surface area contributed by atoms with Crippen molar-refractivity contribution in [2.24, 2.45) is 0 Å². The van der Waals surface area contributed by atoms with Gasteiger partial charge in [-0.3, -0.25) is 0 Å². The Hall–Kier alpha value is -1.19. The zero-order chi connectivity index (χ0) is 13.8. The molecular formula is C16H22N2S. The van der Waals surface area contributed by atoms with Crippen molar-refractivity contribution in [1.82, 2.24) is 10.3 Å². The van der Waals surface area contributed by atoms with Crippen molar-refractivity contribution >= 4 is 11.3 Å². The third-order valence-corrected chi connectivity index (χ3v) is 4.45. The maximum atomic E-state index is 4.56. The summed E-state index contributed by atoms with van der Waals surface area (Å²) in [6, 6.07) is 6.97. The molecule has 1 unspecified atom stereocenters. The Morgan fingerprint density at radius 2 is 1.84 bits per heavy atom. The van der Waals surface area contributed by atoms with Crippen LogP contribution in [-0.2, 0) is 12.8 Å². The molecule has 0 aliphatic rings. The molecule has 2 nitrogen and oxygen atoms in total. The largest absolute Gasteiger partial charge is 0.316 e. The number of aromatic nitrogens is 1. The summed E-state index contributed by atoms with van der Waals surface area (Å²) >= 11 is 1.73. The first-order valence-corrected chi connectivity index (χ1v) is 7.61. The summed E-state index contributed by atoms with van der Waals surface area (Å²) in [7, 11) is 2.04. The Morgan fingerprint density at radius 3 is 2.37 bits per heavy atom. The summed E-state index contributed by atoms with van der Waals surface area (Å²) in [6.45, 7) is 6.46. The third kappa shape index (κ3) is 3.64. The monoisotopic (exact) mass is 274 g/mol. The molecule has 0 saturated carbocycles. The molecule has 1 N–H and O–H groups in total. The van der Waals surface area contributed by atoms with Gasteiger partial charge in [-0.05, 0) is 50.9 Å². The Morgan fingerprint density at radius 1 is 1.16 bits per heavy atom. The van der Waals surface area contributed by atoms with Gasteiger partial charge < -0.3 is 5.32 Å². The van der Waals surface area contributed by atoms with Gasteiger partial charge in [0.25, 0.3) is 0 Å². The molecule has 19 heavy (non-hydrogen) atoms. The summed E-state index contributed by atoms with van der Waals surface area (Å²) in [4.78, 5) is 4.56. The molecular weight excluding hydrogens is 252 g/mol. The predicted octanol–water partition coefficient (Wildman–Crippen LogP) is 3.44. The van der Waals surface area contributed by atoms with E-state index in [-0.39, 0.29) is 0 Å². The molecule has 1 heterocycles. The van der Waals surface area contributed by atoms with Gasteiger partial charge in [-0.15, -0.1) is 11.3 Å². The Bertz CT molecular complexity index is 525. The summed E-state index contributed by atoms with van der Waals surface area (Å²) in [5.41, 5.74) is 5.44. The van der Waals surface area contributed by atoms with Crippen LogP contribution in [0, 0.1) is 20.8 Å². The smallest absolute Gasteiger partial charge is 0.0897 e. The topological polar surface area (TPSA) is 24.9 Å². The SMILES string of the molecule is CNC(Cc1csc(C)n1)Cc1c(C)cccc1C. The molecule has 0 aliphatic heterocycles. The number of aryl methyl sites for hydroxylation is 3. The van der Waals surface area contributed by atoms with Crippen LogP contribution in [0.25, 0.3) is 0 Å². The first kappa shape index (κ1) is 14.2. The molecule has 1 aromatic carbocycles. The first-order valence-electron chi connectivity index (χ1n) is 6.73.